The van der Waals surface area contributed by atoms with Crippen molar-refractivity contribution >= 4 is 5.91 Å². The van der Waals surface area contributed by atoms with Gasteiger partial charge in [-0.3, -0.25) is 4.79 Å². The lowest BCUT2D eigenvalue weighted by Crippen LogP contribution is -2.40. The van der Waals surface area contributed by atoms with Crippen molar-refractivity contribution in [3.8, 4) is 0 Å². The van der Waals surface area contributed by atoms with Gasteiger partial charge in [0.05, 0.1) is 6.04 Å². The molecule has 0 aliphatic carbocycles. The number of aliphatic hydroxyl groups excluding tert-OH is 3. The Morgan fingerprint density at radius 2 is 1.57 bits per heavy atom. The van der Waals surface area contributed by atoms with E-state index in [0.29, 0.717) is 5.56 Å². The minimum absolute atomic E-state index is 0.548. The molecule has 5 nitrogen and oxygen atoms in total. The molecule has 0 unspecified atom stereocenters. The zero-order valence-corrected chi connectivity index (χ0v) is 12.5. The van der Waals surface area contributed by atoms with Crippen LogP contribution in [0.2, 0.25) is 0 Å². The Hall–Kier alpha value is -2.21. The molecule has 23 heavy (non-hydrogen) atoms. The van der Waals surface area contributed by atoms with E-state index in [2.05, 4.69) is 0 Å². The maximum absolute atomic E-state index is 12.3. The van der Waals surface area contributed by atoms with Crippen molar-refractivity contribution in [2.24, 2.45) is 0 Å². The van der Waals surface area contributed by atoms with Gasteiger partial charge in [-0.2, -0.15) is 0 Å². The van der Waals surface area contributed by atoms with E-state index < -0.39 is 36.8 Å². The molecular weight excluding hydrogens is 294 g/mol. The largest absolute Gasteiger partial charge is 0.386 e. The first-order chi connectivity index (χ1) is 11.1. The van der Waals surface area contributed by atoms with Gasteiger partial charge in [0, 0.05) is 5.92 Å². The van der Waals surface area contributed by atoms with Crippen LogP contribution in [0.25, 0.3) is 0 Å². The minimum atomic E-state index is -1.28. The minimum Gasteiger partial charge on any atom is -0.386 e. The number of likely N-dealkylation sites (tertiary alicyclic amines) is 1. The van der Waals surface area contributed by atoms with Crippen LogP contribution >= 0.6 is 0 Å². The summed E-state index contributed by atoms with van der Waals surface area (Å²) in [4.78, 5) is 13.4. The Kier molecular flexibility index (Phi) is 4.43. The SMILES string of the molecule is O=C1[C@@H](O)[C@H](c2ccccc2)[C@H]([C@H](O)c2ccccc2)N1CO. The predicted octanol–water partition coefficient (Wildman–Crippen LogP) is 1.03. The summed E-state index contributed by atoms with van der Waals surface area (Å²) in [6.45, 7) is -0.548. The number of hydrogen-bond donors (Lipinski definition) is 3. The van der Waals surface area contributed by atoms with Gasteiger partial charge in [0.1, 0.15) is 18.9 Å². The third kappa shape index (κ3) is 2.74. The van der Waals surface area contributed by atoms with Gasteiger partial charge in [0.25, 0.3) is 5.91 Å². The molecular formula is C18H19NO4. The van der Waals surface area contributed by atoms with Crippen molar-refractivity contribution in [3.63, 3.8) is 0 Å². The van der Waals surface area contributed by atoms with E-state index in [-0.39, 0.29) is 0 Å². The van der Waals surface area contributed by atoms with E-state index in [1.807, 2.05) is 36.4 Å². The monoisotopic (exact) mass is 313 g/mol. The molecule has 1 fully saturated rings. The molecule has 0 aromatic heterocycles. The Morgan fingerprint density at radius 3 is 2.13 bits per heavy atom. The van der Waals surface area contributed by atoms with E-state index in [4.69, 9.17) is 0 Å². The maximum Gasteiger partial charge on any atom is 0.254 e. The van der Waals surface area contributed by atoms with Crippen LogP contribution in [0.1, 0.15) is 23.1 Å². The summed E-state index contributed by atoms with van der Waals surface area (Å²) in [5.41, 5.74) is 1.39. The zero-order valence-electron chi connectivity index (χ0n) is 12.5. The fourth-order valence-corrected chi connectivity index (χ4v) is 3.28. The summed E-state index contributed by atoms with van der Waals surface area (Å²) in [6, 6.07) is 17.3. The second-order valence-corrected chi connectivity index (χ2v) is 5.68. The number of nitrogens with zero attached hydrogens (tertiary/aromatic N) is 1. The van der Waals surface area contributed by atoms with Crippen LogP contribution in [0, 0.1) is 0 Å². The molecule has 1 amide bonds. The van der Waals surface area contributed by atoms with Crippen LogP contribution in [0.4, 0.5) is 0 Å². The molecule has 120 valence electrons. The van der Waals surface area contributed by atoms with Crippen molar-refractivity contribution in [1.29, 1.82) is 0 Å². The van der Waals surface area contributed by atoms with E-state index >= 15 is 0 Å². The Morgan fingerprint density at radius 1 is 1.00 bits per heavy atom. The maximum atomic E-state index is 12.3. The van der Waals surface area contributed by atoms with Crippen molar-refractivity contribution in [2.45, 2.75) is 24.2 Å². The quantitative estimate of drug-likeness (QED) is 0.787. The summed E-state index contributed by atoms with van der Waals surface area (Å²) < 4.78 is 0. The molecule has 5 heteroatoms. The second kappa shape index (κ2) is 6.50. The molecule has 0 radical (unpaired) electrons. The number of aliphatic hydroxyl groups is 3. The number of benzene rings is 2. The van der Waals surface area contributed by atoms with Crippen LogP contribution in [-0.2, 0) is 4.79 Å². The van der Waals surface area contributed by atoms with E-state index in [9.17, 15) is 20.1 Å². The van der Waals surface area contributed by atoms with Crippen LogP contribution in [-0.4, -0.2) is 45.0 Å². The number of hydrogen-bond acceptors (Lipinski definition) is 4. The first-order valence-electron chi connectivity index (χ1n) is 7.52. The van der Waals surface area contributed by atoms with E-state index in [0.717, 1.165) is 10.5 Å². The third-order valence-electron chi connectivity index (χ3n) is 4.41. The molecule has 0 spiro atoms. The van der Waals surface area contributed by atoms with Crippen molar-refractivity contribution in [1.82, 2.24) is 4.90 Å². The fourth-order valence-electron chi connectivity index (χ4n) is 3.28. The summed E-state index contributed by atoms with van der Waals surface area (Å²) in [5, 5.41) is 30.7. The highest BCUT2D eigenvalue weighted by Crippen LogP contribution is 2.40. The first kappa shape index (κ1) is 15.7. The average Bonchev–Trinajstić information content (AvgIpc) is 2.86. The first-order valence-corrected chi connectivity index (χ1v) is 7.52. The summed E-state index contributed by atoms with van der Waals surface area (Å²) in [5.74, 6) is -1.17. The van der Waals surface area contributed by atoms with E-state index in [1.165, 1.54) is 0 Å². The lowest BCUT2D eigenvalue weighted by molar-refractivity contribution is -0.140. The summed E-state index contributed by atoms with van der Waals surface area (Å²) >= 11 is 0. The van der Waals surface area contributed by atoms with Crippen molar-refractivity contribution in [2.75, 3.05) is 6.73 Å². The number of carbonyl (C=O) groups excluding carboxylic acids is 1. The molecule has 0 bridgehead atoms. The molecule has 1 heterocycles. The topological polar surface area (TPSA) is 81.0 Å². The van der Waals surface area contributed by atoms with Crippen LogP contribution in [0.3, 0.4) is 0 Å². The van der Waals surface area contributed by atoms with E-state index in [1.54, 1.807) is 24.3 Å². The molecule has 2 aromatic carbocycles. The number of amides is 1. The van der Waals surface area contributed by atoms with Crippen molar-refractivity contribution < 1.29 is 20.1 Å². The highest BCUT2D eigenvalue weighted by Gasteiger charge is 2.50. The Bertz CT molecular complexity index is 661. The average molecular weight is 313 g/mol. The molecule has 1 aliphatic rings. The summed E-state index contributed by atoms with van der Waals surface area (Å²) in [6.07, 6.45) is -2.29. The molecule has 4 atom stereocenters. The molecule has 3 rings (SSSR count). The Labute approximate surface area is 134 Å². The van der Waals surface area contributed by atoms with Gasteiger partial charge in [-0.25, -0.2) is 0 Å². The molecule has 3 N–H and O–H groups in total. The van der Waals surface area contributed by atoms with Crippen molar-refractivity contribution in [3.05, 3.63) is 71.8 Å². The fraction of sp³-hybridized carbons (Fsp3) is 0.278. The predicted molar refractivity (Wildman–Crippen MR) is 84.3 cm³/mol. The van der Waals surface area contributed by atoms with Crippen LogP contribution < -0.4 is 0 Å². The number of rotatable bonds is 4. The third-order valence-corrected chi connectivity index (χ3v) is 4.41. The highest BCUT2D eigenvalue weighted by molar-refractivity contribution is 5.85. The smallest absolute Gasteiger partial charge is 0.254 e. The van der Waals surface area contributed by atoms with Gasteiger partial charge < -0.3 is 20.2 Å². The van der Waals surface area contributed by atoms with Gasteiger partial charge >= 0.3 is 0 Å². The van der Waals surface area contributed by atoms with Gasteiger partial charge in [0.2, 0.25) is 0 Å². The molecule has 1 aliphatic heterocycles. The highest BCUT2D eigenvalue weighted by atomic mass is 16.3. The molecule has 2 aromatic rings. The second-order valence-electron chi connectivity index (χ2n) is 5.68. The Balaban J connectivity index is 2.03. The lowest BCUT2D eigenvalue weighted by atomic mass is 9.85. The molecule has 1 saturated heterocycles. The van der Waals surface area contributed by atoms with Crippen LogP contribution in [0.15, 0.2) is 60.7 Å². The normalized spacial score (nSPS) is 25.6. The van der Waals surface area contributed by atoms with Gasteiger partial charge in [0.15, 0.2) is 0 Å². The lowest BCUT2D eigenvalue weighted by Gasteiger charge is -2.31. The zero-order chi connectivity index (χ0) is 16.4. The van der Waals surface area contributed by atoms with Gasteiger partial charge in [-0.05, 0) is 11.1 Å². The van der Waals surface area contributed by atoms with Crippen LogP contribution in [0.5, 0.6) is 0 Å². The van der Waals surface area contributed by atoms with Gasteiger partial charge in [-0.1, -0.05) is 60.7 Å². The summed E-state index contributed by atoms with van der Waals surface area (Å²) in [7, 11) is 0. The standard InChI is InChI=1S/C18H19NO4/c20-11-19-15(16(21)13-9-5-2-6-10-13)14(17(22)18(19)23)12-7-3-1-4-8-12/h1-10,14-17,20-22H,11H2/t14-,15-,16-,17+/m1/s1. The van der Waals surface area contributed by atoms with Gasteiger partial charge in [-0.15, -0.1) is 0 Å². The molecule has 0 saturated carbocycles. The number of carbonyl (C=O) groups is 1.